The van der Waals surface area contributed by atoms with Crippen LogP contribution >= 0.6 is 0 Å². The van der Waals surface area contributed by atoms with Crippen molar-refractivity contribution in [2.24, 2.45) is 0 Å². The molecule has 7 heteroatoms. The van der Waals surface area contributed by atoms with Gasteiger partial charge in [-0.2, -0.15) is 5.10 Å². The first-order valence-electron chi connectivity index (χ1n) is 8.80. The minimum Gasteiger partial charge on any atom is -0.361 e. The molecule has 26 heavy (non-hydrogen) atoms. The van der Waals surface area contributed by atoms with Crippen molar-refractivity contribution in [3.8, 4) is 5.69 Å². The van der Waals surface area contributed by atoms with Crippen LogP contribution in [0.3, 0.4) is 0 Å². The van der Waals surface area contributed by atoms with Crippen LogP contribution in [0.15, 0.2) is 47.1 Å². The lowest BCUT2D eigenvalue weighted by Crippen LogP contribution is -2.32. The van der Waals surface area contributed by atoms with Gasteiger partial charge in [0.2, 0.25) is 0 Å². The number of rotatable bonds is 4. The summed E-state index contributed by atoms with van der Waals surface area (Å²) in [5.74, 6) is 1.59. The standard InChI is InChI=1S/C19H21N5O2/c1-23(13-16-15-9-5-6-10-17(15)26-22-16)19(25)21-18-11-12-20-24(18)14-7-3-2-4-8-14/h2-4,7-8,11-12H,5-6,9-10,13H2,1H3,(H,21,25). The van der Waals surface area contributed by atoms with Crippen LogP contribution in [0.25, 0.3) is 5.69 Å². The molecule has 0 radical (unpaired) electrons. The fourth-order valence-electron chi connectivity index (χ4n) is 3.25. The maximum absolute atomic E-state index is 12.6. The van der Waals surface area contributed by atoms with E-state index in [4.69, 9.17) is 4.52 Å². The van der Waals surface area contributed by atoms with E-state index < -0.39 is 0 Å². The van der Waals surface area contributed by atoms with Crippen LogP contribution in [-0.2, 0) is 19.4 Å². The van der Waals surface area contributed by atoms with Gasteiger partial charge in [0.25, 0.3) is 0 Å². The molecule has 2 amide bonds. The Kier molecular flexibility index (Phi) is 4.43. The van der Waals surface area contributed by atoms with Crippen molar-refractivity contribution < 1.29 is 9.32 Å². The van der Waals surface area contributed by atoms with Gasteiger partial charge < -0.3 is 9.42 Å². The fourth-order valence-corrected chi connectivity index (χ4v) is 3.25. The molecule has 0 spiro atoms. The highest BCUT2D eigenvalue weighted by Crippen LogP contribution is 2.25. The van der Waals surface area contributed by atoms with E-state index in [1.165, 1.54) is 5.56 Å². The molecule has 2 heterocycles. The summed E-state index contributed by atoms with van der Waals surface area (Å²) in [7, 11) is 1.75. The van der Waals surface area contributed by atoms with Gasteiger partial charge in [-0.15, -0.1) is 0 Å². The maximum atomic E-state index is 12.6. The lowest BCUT2D eigenvalue weighted by molar-refractivity contribution is 0.219. The molecule has 0 aliphatic heterocycles. The van der Waals surface area contributed by atoms with Crippen molar-refractivity contribution in [3.05, 3.63) is 59.6 Å². The second-order valence-electron chi connectivity index (χ2n) is 6.49. The van der Waals surface area contributed by atoms with Crippen molar-refractivity contribution in [1.82, 2.24) is 19.8 Å². The minimum atomic E-state index is -0.213. The Morgan fingerprint density at radius 2 is 2.04 bits per heavy atom. The van der Waals surface area contributed by atoms with Crippen LogP contribution in [-0.4, -0.2) is 32.9 Å². The molecular formula is C19H21N5O2. The fraction of sp³-hybridized carbons (Fsp3) is 0.316. The van der Waals surface area contributed by atoms with Crippen LogP contribution in [0.5, 0.6) is 0 Å². The monoisotopic (exact) mass is 351 g/mol. The highest BCUT2D eigenvalue weighted by molar-refractivity contribution is 5.88. The van der Waals surface area contributed by atoms with E-state index in [9.17, 15) is 4.79 Å². The molecule has 7 nitrogen and oxygen atoms in total. The number of anilines is 1. The smallest absolute Gasteiger partial charge is 0.323 e. The number of aromatic nitrogens is 3. The van der Waals surface area contributed by atoms with Crippen LogP contribution in [0.1, 0.15) is 29.9 Å². The van der Waals surface area contributed by atoms with E-state index in [1.54, 1.807) is 28.9 Å². The van der Waals surface area contributed by atoms with Gasteiger partial charge in [-0.25, -0.2) is 9.48 Å². The van der Waals surface area contributed by atoms with E-state index >= 15 is 0 Å². The normalized spacial score (nSPS) is 13.3. The van der Waals surface area contributed by atoms with Crippen LogP contribution in [0.4, 0.5) is 10.6 Å². The molecule has 0 atom stereocenters. The predicted molar refractivity (Wildman–Crippen MR) is 97.2 cm³/mol. The zero-order chi connectivity index (χ0) is 17.9. The maximum Gasteiger partial charge on any atom is 0.323 e. The van der Waals surface area contributed by atoms with Gasteiger partial charge in [-0.3, -0.25) is 5.32 Å². The minimum absolute atomic E-state index is 0.213. The Morgan fingerprint density at radius 1 is 1.23 bits per heavy atom. The van der Waals surface area contributed by atoms with Crippen molar-refractivity contribution in [2.75, 3.05) is 12.4 Å². The second-order valence-corrected chi connectivity index (χ2v) is 6.49. The summed E-state index contributed by atoms with van der Waals surface area (Å²) < 4.78 is 7.13. The third kappa shape index (κ3) is 3.20. The zero-order valence-electron chi connectivity index (χ0n) is 14.7. The first kappa shape index (κ1) is 16.4. The quantitative estimate of drug-likeness (QED) is 0.781. The highest BCUT2D eigenvalue weighted by atomic mass is 16.5. The van der Waals surface area contributed by atoms with E-state index in [-0.39, 0.29) is 6.03 Å². The molecule has 0 fully saturated rings. The molecular weight excluding hydrogens is 330 g/mol. The average Bonchev–Trinajstić information content (AvgIpc) is 3.30. The number of amides is 2. The molecule has 4 rings (SSSR count). The number of fused-ring (bicyclic) bond motifs is 1. The number of aryl methyl sites for hydroxylation is 1. The van der Waals surface area contributed by atoms with E-state index in [2.05, 4.69) is 15.6 Å². The van der Waals surface area contributed by atoms with E-state index in [1.807, 2.05) is 30.3 Å². The van der Waals surface area contributed by atoms with Gasteiger partial charge in [0.1, 0.15) is 17.3 Å². The summed E-state index contributed by atoms with van der Waals surface area (Å²) in [6, 6.07) is 11.2. The number of carbonyl (C=O) groups is 1. The van der Waals surface area contributed by atoms with Gasteiger partial charge in [0.15, 0.2) is 0 Å². The number of nitrogens with zero attached hydrogens (tertiary/aromatic N) is 4. The molecule has 134 valence electrons. The third-order valence-electron chi connectivity index (χ3n) is 4.64. The molecule has 3 aromatic rings. The Hall–Kier alpha value is -3.09. The molecule has 1 N–H and O–H groups in total. The Labute approximate surface area is 151 Å². The van der Waals surface area contributed by atoms with Gasteiger partial charge in [0.05, 0.1) is 18.4 Å². The summed E-state index contributed by atoms with van der Waals surface area (Å²) in [6.45, 7) is 0.421. The zero-order valence-corrected chi connectivity index (χ0v) is 14.7. The van der Waals surface area contributed by atoms with Crippen LogP contribution in [0.2, 0.25) is 0 Å². The van der Waals surface area contributed by atoms with Crippen LogP contribution < -0.4 is 5.32 Å². The predicted octanol–water partition coefficient (Wildman–Crippen LogP) is 3.40. The number of urea groups is 1. The number of benzene rings is 1. The second kappa shape index (κ2) is 7.03. The molecule has 1 aliphatic rings. The molecule has 0 saturated heterocycles. The number of hydrogen-bond donors (Lipinski definition) is 1. The van der Waals surface area contributed by atoms with E-state index in [0.29, 0.717) is 12.4 Å². The molecule has 0 saturated carbocycles. The van der Waals surface area contributed by atoms with Gasteiger partial charge in [-0.05, 0) is 31.4 Å². The summed E-state index contributed by atoms with van der Waals surface area (Å²) >= 11 is 0. The number of carbonyl (C=O) groups excluding carboxylic acids is 1. The summed E-state index contributed by atoms with van der Waals surface area (Å²) in [4.78, 5) is 14.2. The van der Waals surface area contributed by atoms with Crippen LogP contribution in [0, 0.1) is 0 Å². The summed E-state index contributed by atoms with van der Waals surface area (Å²) in [5.41, 5.74) is 2.92. The highest BCUT2D eigenvalue weighted by Gasteiger charge is 2.22. The Morgan fingerprint density at radius 3 is 2.88 bits per heavy atom. The molecule has 0 unspecified atom stereocenters. The first-order chi connectivity index (χ1) is 12.7. The molecule has 0 bridgehead atoms. The van der Waals surface area contributed by atoms with Crippen molar-refractivity contribution in [3.63, 3.8) is 0 Å². The van der Waals surface area contributed by atoms with Gasteiger partial charge >= 0.3 is 6.03 Å². The lowest BCUT2D eigenvalue weighted by atomic mass is 9.96. The lowest BCUT2D eigenvalue weighted by Gasteiger charge is -2.18. The number of para-hydroxylation sites is 1. The molecule has 1 aromatic carbocycles. The largest absolute Gasteiger partial charge is 0.361 e. The van der Waals surface area contributed by atoms with Crippen molar-refractivity contribution in [1.29, 1.82) is 0 Å². The average molecular weight is 351 g/mol. The van der Waals surface area contributed by atoms with Gasteiger partial charge in [-0.1, -0.05) is 23.4 Å². The van der Waals surface area contributed by atoms with E-state index in [0.717, 1.165) is 42.8 Å². The Bertz CT molecular complexity index is 900. The van der Waals surface area contributed by atoms with Gasteiger partial charge in [0, 0.05) is 25.1 Å². The molecule has 1 aliphatic carbocycles. The number of hydrogen-bond acceptors (Lipinski definition) is 4. The van der Waals surface area contributed by atoms with Crippen molar-refractivity contribution in [2.45, 2.75) is 32.2 Å². The summed E-state index contributed by atoms with van der Waals surface area (Å²) in [5, 5.41) is 11.4. The SMILES string of the molecule is CN(Cc1noc2c1CCCC2)C(=O)Nc1ccnn1-c1ccccc1. The third-order valence-corrected chi connectivity index (χ3v) is 4.64. The topological polar surface area (TPSA) is 76.2 Å². The molecule has 2 aromatic heterocycles. The first-order valence-corrected chi connectivity index (χ1v) is 8.80. The number of nitrogens with one attached hydrogen (secondary N) is 1. The van der Waals surface area contributed by atoms with Crippen molar-refractivity contribution >= 4 is 11.8 Å². The Balaban J connectivity index is 1.46. The summed E-state index contributed by atoms with van der Waals surface area (Å²) in [6.07, 6.45) is 5.87.